The van der Waals surface area contributed by atoms with Gasteiger partial charge in [0.1, 0.15) is 0 Å². The molecule has 1 rings (SSSR count). The van der Waals surface area contributed by atoms with Crippen LogP contribution in [0.2, 0.25) is 0 Å². The van der Waals surface area contributed by atoms with Crippen LogP contribution in [0.5, 0.6) is 0 Å². The first-order valence-electron chi connectivity index (χ1n) is 9.80. The van der Waals surface area contributed by atoms with Gasteiger partial charge in [-0.3, -0.25) is 9.79 Å². The van der Waals surface area contributed by atoms with E-state index < -0.39 is 0 Å². The zero-order chi connectivity index (χ0) is 19.4. The summed E-state index contributed by atoms with van der Waals surface area (Å²) in [6, 6.07) is 0. The Balaban J connectivity index is 0.00000676. The van der Waals surface area contributed by atoms with Crippen molar-refractivity contribution in [1.82, 2.24) is 15.5 Å². The average molecular weight is 498 g/mol. The molecule has 1 saturated heterocycles. The highest BCUT2D eigenvalue weighted by molar-refractivity contribution is 14.0. The number of nitrogens with zero attached hydrogens (tertiary/aromatic N) is 2. The van der Waals surface area contributed by atoms with E-state index in [9.17, 15) is 4.79 Å². The van der Waals surface area contributed by atoms with Gasteiger partial charge in [-0.05, 0) is 26.2 Å². The molecule has 0 aromatic carbocycles. The van der Waals surface area contributed by atoms with Gasteiger partial charge in [0.25, 0.3) is 0 Å². The molecule has 1 heterocycles. The number of hydrogen-bond donors (Lipinski definition) is 2. The summed E-state index contributed by atoms with van der Waals surface area (Å²) in [7, 11) is 1.72. The summed E-state index contributed by atoms with van der Waals surface area (Å²) < 4.78 is 11.0. The Morgan fingerprint density at radius 1 is 1.19 bits per heavy atom. The molecule has 7 nitrogen and oxygen atoms in total. The SMILES string of the molecule is CCNC(=NCCNC(=O)C(C)(C)C)N1CCC(OCCCOC)CC1.I. The summed E-state index contributed by atoms with van der Waals surface area (Å²) in [4.78, 5) is 18.8. The molecule has 1 aliphatic heterocycles. The summed E-state index contributed by atoms with van der Waals surface area (Å²) in [6.45, 7) is 13.2. The van der Waals surface area contributed by atoms with E-state index in [4.69, 9.17) is 9.47 Å². The fourth-order valence-corrected chi connectivity index (χ4v) is 2.71. The minimum atomic E-state index is -0.362. The van der Waals surface area contributed by atoms with Crippen molar-refractivity contribution in [2.24, 2.45) is 10.4 Å². The number of halogens is 1. The number of methoxy groups -OCH3 is 1. The van der Waals surface area contributed by atoms with Crippen LogP contribution in [-0.4, -0.2) is 75.9 Å². The van der Waals surface area contributed by atoms with Crippen LogP contribution >= 0.6 is 24.0 Å². The molecule has 2 N–H and O–H groups in total. The monoisotopic (exact) mass is 498 g/mol. The van der Waals surface area contributed by atoms with Gasteiger partial charge in [-0.2, -0.15) is 0 Å². The van der Waals surface area contributed by atoms with Crippen molar-refractivity contribution < 1.29 is 14.3 Å². The highest BCUT2D eigenvalue weighted by Gasteiger charge is 2.22. The molecule has 27 heavy (non-hydrogen) atoms. The maximum absolute atomic E-state index is 11.9. The molecule has 0 spiro atoms. The van der Waals surface area contributed by atoms with Crippen LogP contribution in [0.25, 0.3) is 0 Å². The van der Waals surface area contributed by atoms with E-state index in [0.29, 0.717) is 19.2 Å². The van der Waals surface area contributed by atoms with Crippen molar-refractivity contribution in [3.63, 3.8) is 0 Å². The van der Waals surface area contributed by atoms with Crippen LogP contribution in [0, 0.1) is 5.41 Å². The van der Waals surface area contributed by atoms with E-state index in [1.54, 1.807) is 7.11 Å². The van der Waals surface area contributed by atoms with E-state index in [1.807, 2.05) is 20.8 Å². The van der Waals surface area contributed by atoms with E-state index in [1.165, 1.54) is 0 Å². The molecule has 0 radical (unpaired) electrons. The number of carbonyl (C=O) groups excluding carboxylic acids is 1. The van der Waals surface area contributed by atoms with E-state index >= 15 is 0 Å². The number of guanidine groups is 1. The predicted octanol–water partition coefficient (Wildman–Crippen LogP) is 2.25. The molecular formula is C19H39IN4O3. The standard InChI is InChI=1S/C19H38N4O3.HI/c1-6-20-18(22-11-10-21-17(24)19(2,3)4)23-12-8-16(9-13-23)26-15-7-14-25-5;/h16H,6-15H2,1-5H3,(H,20,22)(H,21,24);1H. The Morgan fingerprint density at radius 3 is 2.41 bits per heavy atom. The maximum atomic E-state index is 11.9. The van der Waals surface area contributed by atoms with Gasteiger partial charge in [0.2, 0.25) is 5.91 Å². The van der Waals surface area contributed by atoms with Crippen molar-refractivity contribution in [3.8, 4) is 0 Å². The molecule has 1 aliphatic rings. The van der Waals surface area contributed by atoms with Crippen molar-refractivity contribution in [3.05, 3.63) is 0 Å². The zero-order valence-electron chi connectivity index (χ0n) is 17.7. The summed E-state index contributed by atoms with van der Waals surface area (Å²) in [5, 5.41) is 6.29. The Kier molecular flexibility index (Phi) is 14.1. The molecule has 0 aliphatic carbocycles. The first-order chi connectivity index (χ1) is 12.4. The Labute approximate surface area is 182 Å². The topological polar surface area (TPSA) is 75.2 Å². The largest absolute Gasteiger partial charge is 0.385 e. The summed E-state index contributed by atoms with van der Waals surface area (Å²) in [6.07, 6.45) is 3.30. The fraction of sp³-hybridized carbons (Fsp3) is 0.895. The van der Waals surface area contributed by atoms with Gasteiger partial charge in [0.15, 0.2) is 5.96 Å². The lowest BCUT2D eigenvalue weighted by molar-refractivity contribution is -0.128. The van der Waals surface area contributed by atoms with Gasteiger partial charge >= 0.3 is 0 Å². The number of aliphatic imine (C=N–C) groups is 1. The molecule has 0 atom stereocenters. The Bertz CT molecular complexity index is 433. The summed E-state index contributed by atoms with van der Waals surface area (Å²) in [5.74, 6) is 0.986. The Hall–Kier alpha value is -0.610. The highest BCUT2D eigenvalue weighted by atomic mass is 127. The lowest BCUT2D eigenvalue weighted by Gasteiger charge is -2.34. The second-order valence-electron chi connectivity index (χ2n) is 7.65. The van der Waals surface area contributed by atoms with Gasteiger partial charge in [-0.15, -0.1) is 24.0 Å². The summed E-state index contributed by atoms with van der Waals surface area (Å²) in [5.41, 5.74) is -0.362. The van der Waals surface area contributed by atoms with Crippen molar-refractivity contribution in [2.75, 3.05) is 53.0 Å². The van der Waals surface area contributed by atoms with E-state index in [-0.39, 0.29) is 35.3 Å². The number of rotatable bonds is 9. The van der Waals surface area contributed by atoms with Crippen LogP contribution in [0.4, 0.5) is 0 Å². The van der Waals surface area contributed by atoms with Gasteiger partial charge in [0, 0.05) is 51.9 Å². The molecule has 1 amide bonds. The average Bonchev–Trinajstić information content (AvgIpc) is 2.61. The first-order valence-corrected chi connectivity index (χ1v) is 9.80. The predicted molar refractivity (Wildman–Crippen MR) is 121 cm³/mol. The lowest BCUT2D eigenvalue weighted by atomic mass is 9.96. The van der Waals surface area contributed by atoms with Crippen LogP contribution < -0.4 is 10.6 Å². The van der Waals surface area contributed by atoms with Crippen LogP contribution in [0.1, 0.15) is 47.0 Å². The Morgan fingerprint density at radius 2 is 1.85 bits per heavy atom. The van der Waals surface area contributed by atoms with Crippen molar-refractivity contribution in [2.45, 2.75) is 53.1 Å². The molecule has 0 unspecified atom stereocenters. The maximum Gasteiger partial charge on any atom is 0.225 e. The molecule has 0 aromatic heterocycles. The molecule has 1 fully saturated rings. The number of piperidine rings is 1. The highest BCUT2D eigenvalue weighted by Crippen LogP contribution is 2.14. The number of nitrogens with one attached hydrogen (secondary N) is 2. The second kappa shape index (κ2) is 14.4. The number of likely N-dealkylation sites (tertiary alicyclic amines) is 1. The number of amides is 1. The third-order valence-electron chi connectivity index (χ3n) is 4.26. The van der Waals surface area contributed by atoms with Crippen LogP contribution in [0.15, 0.2) is 4.99 Å². The van der Waals surface area contributed by atoms with Crippen molar-refractivity contribution in [1.29, 1.82) is 0 Å². The van der Waals surface area contributed by atoms with Gasteiger partial charge < -0.3 is 25.0 Å². The van der Waals surface area contributed by atoms with Crippen molar-refractivity contribution >= 4 is 35.8 Å². The molecular weight excluding hydrogens is 459 g/mol. The fourth-order valence-electron chi connectivity index (χ4n) is 2.71. The first kappa shape index (κ1) is 26.4. The quantitative estimate of drug-likeness (QED) is 0.221. The zero-order valence-corrected chi connectivity index (χ0v) is 20.0. The third-order valence-corrected chi connectivity index (χ3v) is 4.26. The normalized spacial score (nSPS) is 16.0. The lowest BCUT2D eigenvalue weighted by Crippen LogP contribution is -2.47. The molecule has 0 bridgehead atoms. The van der Waals surface area contributed by atoms with Gasteiger partial charge in [-0.1, -0.05) is 20.8 Å². The minimum absolute atomic E-state index is 0. The molecule has 160 valence electrons. The third kappa shape index (κ3) is 11.1. The number of ether oxygens (including phenoxy) is 2. The number of hydrogen-bond acceptors (Lipinski definition) is 4. The van der Waals surface area contributed by atoms with E-state index in [0.717, 1.165) is 58.1 Å². The second-order valence-corrected chi connectivity index (χ2v) is 7.65. The molecule has 8 heteroatoms. The van der Waals surface area contributed by atoms with Crippen LogP contribution in [0.3, 0.4) is 0 Å². The molecule has 0 aromatic rings. The molecule has 0 saturated carbocycles. The smallest absolute Gasteiger partial charge is 0.225 e. The number of carbonyl (C=O) groups is 1. The summed E-state index contributed by atoms with van der Waals surface area (Å²) >= 11 is 0. The van der Waals surface area contributed by atoms with Gasteiger partial charge in [-0.25, -0.2) is 0 Å². The van der Waals surface area contributed by atoms with Crippen LogP contribution in [-0.2, 0) is 14.3 Å². The van der Waals surface area contributed by atoms with E-state index in [2.05, 4.69) is 27.4 Å². The minimum Gasteiger partial charge on any atom is -0.385 e. The van der Waals surface area contributed by atoms with Gasteiger partial charge in [0.05, 0.1) is 12.6 Å².